The van der Waals surface area contributed by atoms with Crippen LogP contribution in [0.25, 0.3) is 0 Å². The van der Waals surface area contributed by atoms with Gasteiger partial charge >= 0.3 is 6.03 Å². The number of primary amides is 1. The molecular weight excluding hydrogens is 372 g/mol. The molecule has 0 radical (unpaired) electrons. The number of urea groups is 1. The minimum atomic E-state index is -1.03. The molecule has 0 unspecified atom stereocenters. The maximum absolute atomic E-state index is 11.8. The molecule has 0 saturated carbocycles. The van der Waals surface area contributed by atoms with Crippen molar-refractivity contribution in [3.05, 3.63) is 0 Å². The van der Waals surface area contributed by atoms with Gasteiger partial charge in [-0.15, -0.1) is 0 Å². The molecule has 168 valence electrons. The topological polar surface area (TPSA) is 200 Å². The van der Waals surface area contributed by atoms with E-state index in [9.17, 15) is 15.0 Å². The normalized spacial score (nSPS) is 12.1. The van der Waals surface area contributed by atoms with Crippen molar-refractivity contribution in [2.45, 2.75) is 32.2 Å². The number of amides is 3. The molecule has 1 atom stereocenters. The van der Waals surface area contributed by atoms with Crippen LogP contribution in [0, 0.1) is 11.3 Å². The lowest BCUT2D eigenvalue weighted by atomic mass is 9.91. The summed E-state index contributed by atoms with van der Waals surface area (Å²) in [6.45, 7) is 1.41. The minimum absolute atomic E-state index is 0.00876. The van der Waals surface area contributed by atoms with Crippen LogP contribution in [-0.4, -0.2) is 91.6 Å². The Morgan fingerprint density at radius 2 is 1.71 bits per heavy atom. The number of carbonyl (C=O) groups is 2. The number of aliphatic hydroxyl groups excluding tert-OH is 4. The summed E-state index contributed by atoms with van der Waals surface area (Å²) in [5, 5.41) is 42.4. The van der Waals surface area contributed by atoms with E-state index in [-0.39, 0.29) is 64.7 Å². The van der Waals surface area contributed by atoms with E-state index in [0.717, 1.165) is 19.3 Å². The highest BCUT2D eigenvalue weighted by Gasteiger charge is 2.30. The zero-order valence-electron chi connectivity index (χ0n) is 16.7. The van der Waals surface area contributed by atoms with Crippen molar-refractivity contribution in [1.82, 2.24) is 10.6 Å². The molecule has 0 aromatic carbocycles. The summed E-state index contributed by atoms with van der Waals surface area (Å²) in [4.78, 5) is 20.4. The smallest absolute Gasteiger partial charge is 0.314 e. The summed E-state index contributed by atoms with van der Waals surface area (Å²) in [5.41, 5.74) is 8.79. The van der Waals surface area contributed by atoms with Crippen molar-refractivity contribution in [3.8, 4) is 0 Å². The average Bonchev–Trinajstić information content (AvgIpc) is 2.68. The zero-order valence-corrected chi connectivity index (χ0v) is 16.7. The van der Waals surface area contributed by atoms with Crippen molar-refractivity contribution in [3.63, 3.8) is 0 Å². The van der Waals surface area contributed by atoms with Gasteiger partial charge in [-0.2, -0.15) is 0 Å². The van der Waals surface area contributed by atoms with Crippen LogP contribution in [0.5, 0.6) is 0 Å². The Morgan fingerprint density at radius 3 is 2.18 bits per heavy atom. The lowest BCUT2D eigenvalue weighted by molar-refractivity contribution is -0.106. The summed E-state index contributed by atoms with van der Waals surface area (Å²) in [7, 11) is 0. The number of hydrogen-bond acceptors (Lipinski definition) is 8. The fraction of sp³-hybridized carbons (Fsp3) is 0.882. The van der Waals surface area contributed by atoms with Crippen LogP contribution in [0.4, 0.5) is 4.79 Å². The van der Waals surface area contributed by atoms with Gasteiger partial charge in [0.05, 0.1) is 45.1 Å². The van der Waals surface area contributed by atoms with Gasteiger partial charge in [-0.1, -0.05) is 6.42 Å². The maximum atomic E-state index is 11.8. The fourth-order valence-corrected chi connectivity index (χ4v) is 2.03. The molecule has 28 heavy (non-hydrogen) atoms. The SMILES string of the molecule is C[C@H](N)CCCCNC(=O)NCC(CO)(CO)COCC(CO)CO.NC=O. The van der Waals surface area contributed by atoms with Crippen LogP contribution >= 0.6 is 0 Å². The number of ether oxygens (including phenoxy) is 1. The van der Waals surface area contributed by atoms with E-state index < -0.39 is 11.3 Å². The largest absolute Gasteiger partial charge is 0.396 e. The molecule has 0 saturated heterocycles. The van der Waals surface area contributed by atoms with Gasteiger partial charge in [0, 0.05) is 25.0 Å². The van der Waals surface area contributed by atoms with Crippen molar-refractivity contribution in [2.24, 2.45) is 22.8 Å². The molecule has 0 aliphatic rings. The van der Waals surface area contributed by atoms with Gasteiger partial charge in [0.15, 0.2) is 0 Å². The Kier molecular flexibility index (Phi) is 19.3. The Morgan fingerprint density at radius 1 is 1.14 bits per heavy atom. The van der Waals surface area contributed by atoms with Crippen molar-refractivity contribution >= 4 is 12.4 Å². The van der Waals surface area contributed by atoms with Crippen LogP contribution in [0.1, 0.15) is 26.2 Å². The second-order valence-electron chi connectivity index (χ2n) is 6.78. The lowest BCUT2D eigenvalue weighted by Crippen LogP contribution is -2.48. The maximum Gasteiger partial charge on any atom is 0.314 e. The molecule has 0 fully saturated rings. The Bertz CT molecular complexity index is 379. The van der Waals surface area contributed by atoms with Gasteiger partial charge in [-0.25, -0.2) is 4.79 Å². The van der Waals surface area contributed by atoms with Gasteiger partial charge in [0.1, 0.15) is 0 Å². The monoisotopic (exact) mass is 410 g/mol. The molecule has 3 amide bonds. The summed E-state index contributed by atoms with van der Waals surface area (Å²) < 4.78 is 5.37. The van der Waals surface area contributed by atoms with Crippen molar-refractivity contribution in [1.29, 1.82) is 0 Å². The number of nitrogens with two attached hydrogens (primary N) is 2. The molecule has 11 heteroatoms. The third-order valence-corrected chi connectivity index (χ3v) is 3.94. The third-order valence-electron chi connectivity index (χ3n) is 3.94. The molecular formula is C17H38N4O7. The molecule has 0 rings (SSSR count). The Balaban J connectivity index is 0. The molecule has 0 aromatic heterocycles. The van der Waals surface area contributed by atoms with Crippen LogP contribution in [0.15, 0.2) is 0 Å². The van der Waals surface area contributed by atoms with E-state index in [1.54, 1.807) is 0 Å². The summed E-state index contributed by atoms with van der Waals surface area (Å²) >= 11 is 0. The molecule has 0 heterocycles. The first kappa shape index (κ1) is 28.7. The fourth-order valence-electron chi connectivity index (χ4n) is 2.03. The number of rotatable bonds is 15. The first-order valence-electron chi connectivity index (χ1n) is 9.28. The quantitative estimate of drug-likeness (QED) is 0.107. The predicted molar refractivity (Wildman–Crippen MR) is 104 cm³/mol. The highest BCUT2D eigenvalue weighted by molar-refractivity contribution is 5.73. The number of carbonyl (C=O) groups excluding carboxylic acids is 2. The van der Waals surface area contributed by atoms with E-state index in [2.05, 4.69) is 16.4 Å². The van der Waals surface area contributed by atoms with Crippen molar-refractivity contribution < 1.29 is 34.8 Å². The van der Waals surface area contributed by atoms with E-state index in [0.29, 0.717) is 6.54 Å². The van der Waals surface area contributed by atoms with Gasteiger partial charge in [-0.3, -0.25) is 4.79 Å². The molecule has 0 bridgehead atoms. The van der Waals surface area contributed by atoms with E-state index in [4.69, 9.17) is 25.5 Å². The number of aliphatic hydroxyl groups is 4. The van der Waals surface area contributed by atoms with Gasteiger partial charge in [0.2, 0.25) is 6.41 Å². The van der Waals surface area contributed by atoms with Crippen LogP contribution in [-0.2, 0) is 9.53 Å². The second-order valence-corrected chi connectivity index (χ2v) is 6.78. The molecule has 0 aliphatic carbocycles. The Hall–Kier alpha value is -1.50. The summed E-state index contributed by atoms with van der Waals surface area (Å²) in [5.74, 6) is -0.414. The lowest BCUT2D eigenvalue weighted by Gasteiger charge is -2.30. The highest BCUT2D eigenvalue weighted by atomic mass is 16.5. The number of unbranched alkanes of at least 4 members (excludes halogenated alkanes) is 1. The summed E-state index contributed by atoms with van der Waals surface area (Å²) in [6, 6.07) is -0.226. The molecule has 10 N–H and O–H groups in total. The highest BCUT2D eigenvalue weighted by Crippen LogP contribution is 2.15. The van der Waals surface area contributed by atoms with Crippen LogP contribution in [0.2, 0.25) is 0 Å². The number of nitrogens with one attached hydrogen (secondary N) is 2. The van der Waals surface area contributed by atoms with Gasteiger partial charge in [-0.05, 0) is 19.8 Å². The van der Waals surface area contributed by atoms with E-state index in [1.165, 1.54) is 0 Å². The second kappa shape index (κ2) is 18.8. The van der Waals surface area contributed by atoms with Crippen molar-refractivity contribution in [2.75, 3.05) is 52.7 Å². The first-order chi connectivity index (χ1) is 13.3. The standard InChI is InChI=1S/C16H35N3O6.CH3NO/c1-13(17)4-2-3-5-18-15(24)19-9-16(10-22,11-23)12-25-8-14(6-20)7-21;2-1-3/h13-14,20-23H,2-12,17H2,1H3,(H2,18,19,24);1H,(H2,2,3)/t13-;/m0./s1. The molecule has 11 nitrogen and oxygen atoms in total. The number of hydrogen-bond donors (Lipinski definition) is 8. The van der Waals surface area contributed by atoms with Gasteiger partial charge < -0.3 is 47.3 Å². The van der Waals surface area contributed by atoms with E-state index in [1.807, 2.05) is 6.92 Å². The predicted octanol–water partition coefficient (Wildman–Crippen LogP) is -2.51. The summed E-state index contributed by atoms with van der Waals surface area (Å²) in [6.07, 6.45) is 2.91. The third kappa shape index (κ3) is 15.5. The average molecular weight is 411 g/mol. The van der Waals surface area contributed by atoms with Crippen LogP contribution < -0.4 is 22.1 Å². The first-order valence-corrected chi connectivity index (χ1v) is 9.28. The molecule has 0 aliphatic heterocycles. The zero-order chi connectivity index (χ0) is 21.8. The molecule has 0 aromatic rings. The van der Waals surface area contributed by atoms with Gasteiger partial charge in [0.25, 0.3) is 0 Å². The Labute approximate surface area is 166 Å². The van der Waals surface area contributed by atoms with Crippen LogP contribution in [0.3, 0.4) is 0 Å². The molecule has 0 spiro atoms. The van der Waals surface area contributed by atoms with E-state index >= 15 is 0 Å². The minimum Gasteiger partial charge on any atom is -0.396 e.